The van der Waals surface area contributed by atoms with E-state index in [0.717, 1.165) is 33.2 Å². The second-order valence-electron chi connectivity index (χ2n) is 7.71. The fourth-order valence-corrected chi connectivity index (χ4v) is 5.16. The Hall–Kier alpha value is -2.52. The summed E-state index contributed by atoms with van der Waals surface area (Å²) in [5.74, 6) is -0.112. The number of benzene rings is 4. The highest BCUT2D eigenvalue weighted by molar-refractivity contribution is 6.35. The maximum atomic E-state index is 13.4. The molecule has 1 atom stereocenters. The van der Waals surface area contributed by atoms with Crippen LogP contribution in [0.3, 0.4) is 0 Å². The highest BCUT2D eigenvalue weighted by atomic mass is 35.5. The lowest BCUT2D eigenvalue weighted by atomic mass is 9.81. The van der Waals surface area contributed by atoms with Crippen LogP contribution in [0.25, 0.3) is 10.8 Å². The Morgan fingerprint density at radius 3 is 2.42 bits per heavy atom. The van der Waals surface area contributed by atoms with E-state index >= 15 is 0 Å². The molecule has 0 saturated heterocycles. The molecular weight excluding hydrogens is 449 g/mol. The molecular formula is C26H18Cl3NO. The molecule has 1 amide bonds. The van der Waals surface area contributed by atoms with E-state index in [1.165, 1.54) is 0 Å². The van der Waals surface area contributed by atoms with E-state index in [4.69, 9.17) is 34.8 Å². The summed E-state index contributed by atoms with van der Waals surface area (Å²) in [5, 5.41) is 4.05. The van der Waals surface area contributed by atoms with Crippen LogP contribution >= 0.6 is 34.8 Å². The van der Waals surface area contributed by atoms with Crippen molar-refractivity contribution in [3.63, 3.8) is 0 Å². The molecule has 0 aliphatic carbocycles. The third-order valence-corrected chi connectivity index (χ3v) is 6.82. The van der Waals surface area contributed by atoms with E-state index in [9.17, 15) is 4.79 Å². The van der Waals surface area contributed by atoms with Gasteiger partial charge < -0.3 is 4.90 Å². The Bertz CT molecular complexity index is 1320. The molecule has 31 heavy (non-hydrogen) atoms. The van der Waals surface area contributed by atoms with E-state index in [1.807, 2.05) is 59.5 Å². The minimum absolute atomic E-state index is 0.0405. The number of hydrogen-bond donors (Lipinski definition) is 0. The predicted octanol–water partition coefficient (Wildman–Crippen LogP) is 7.87. The molecule has 5 rings (SSSR count). The van der Waals surface area contributed by atoms with Gasteiger partial charge in [-0.3, -0.25) is 4.79 Å². The topological polar surface area (TPSA) is 20.3 Å². The minimum Gasteiger partial charge on any atom is -0.308 e. The summed E-state index contributed by atoms with van der Waals surface area (Å²) < 4.78 is 0. The second kappa shape index (κ2) is 8.20. The van der Waals surface area contributed by atoms with Crippen molar-refractivity contribution in [2.24, 2.45) is 0 Å². The van der Waals surface area contributed by atoms with Crippen molar-refractivity contribution in [3.8, 4) is 0 Å². The van der Waals surface area contributed by atoms with Crippen LogP contribution in [-0.4, -0.2) is 5.91 Å². The number of carbonyl (C=O) groups excluding carboxylic acids is 1. The molecule has 0 radical (unpaired) electrons. The van der Waals surface area contributed by atoms with Gasteiger partial charge >= 0.3 is 0 Å². The second-order valence-corrected chi connectivity index (χ2v) is 8.96. The summed E-state index contributed by atoms with van der Waals surface area (Å²) >= 11 is 19.1. The van der Waals surface area contributed by atoms with Gasteiger partial charge in [0.25, 0.3) is 0 Å². The normalized spacial score (nSPS) is 15.9. The van der Waals surface area contributed by atoms with Gasteiger partial charge in [0.05, 0.1) is 6.54 Å². The molecule has 0 spiro atoms. The van der Waals surface area contributed by atoms with Crippen LogP contribution < -0.4 is 4.90 Å². The van der Waals surface area contributed by atoms with E-state index < -0.39 is 0 Å². The highest BCUT2D eigenvalue weighted by Gasteiger charge is 2.34. The molecule has 0 saturated carbocycles. The summed E-state index contributed by atoms with van der Waals surface area (Å²) in [6, 6.07) is 25.5. The Morgan fingerprint density at radius 1 is 0.839 bits per heavy atom. The predicted molar refractivity (Wildman–Crippen MR) is 130 cm³/mol. The molecule has 0 aromatic heterocycles. The smallest absolute Gasteiger partial charge is 0.228 e. The lowest BCUT2D eigenvalue weighted by Gasteiger charge is -2.36. The number of halogens is 3. The first kappa shape index (κ1) is 20.4. The molecule has 1 aliphatic rings. The molecule has 1 unspecified atom stereocenters. The molecule has 1 heterocycles. The van der Waals surface area contributed by atoms with Gasteiger partial charge in [-0.05, 0) is 51.7 Å². The van der Waals surface area contributed by atoms with Gasteiger partial charge in [-0.1, -0.05) is 89.4 Å². The van der Waals surface area contributed by atoms with Crippen molar-refractivity contribution in [2.75, 3.05) is 4.90 Å². The first-order valence-corrected chi connectivity index (χ1v) is 11.2. The third kappa shape index (κ3) is 3.70. The zero-order chi connectivity index (χ0) is 21.5. The van der Waals surface area contributed by atoms with Crippen molar-refractivity contribution < 1.29 is 4.79 Å². The standard InChI is InChI=1S/C26H18Cl3NO/c27-18-10-11-20(23(29)13-18)21-14-25(31)30(15-17-6-2-4-8-22(17)28)24-12-9-16-5-1-3-7-19(16)26(21)24/h1-13,21H,14-15H2. The van der Waals surface area contributed by atoms with Gasteiger partial charge in [0, 0.05) is 33.1 Å². The van der Waals surface area contributed by atoms with Crippen LogP contribution in [0.2, 0.25) is 15.1 Å². The first-order chi connectivity index (χ1) is 15.0. The summed E-state index contributed by atoms with van der Waals surface area (Å²) in [6.07, 6.45) is 0.326. The molecule has 0 fully saturated rings. The zero-order valence-electron chi connectivity index (χ0n) is 16.5. The Morgan fingerprint density at radius 2 is 1.61 bits per heavy atom. The van der Waals surface area contributed by atoms with Crippen LogP contribution in [0.4, 0.5) is 5.69 Å². The Balaban J connectivity index is 1.71. The lowest BCUT2D eigenvalue weighted by Crippen LogP contribution is -2.36. The number of amides is 1. The number of nitrogens with zero attached hydrogens (tertiary/aromatic N) is 1. The Kier molecular flexibility index (Phi) is 5.39. The molecule has 1 aliphatic heterocycles. The molecule has 0 N–H and O–H groups in total. The third-order valence-electron chi connectivity index (χ3n) is 5.89. The van der Waals surface area contributed by atoms with Crippen LogP contribution in [0.15, 0.2) is 78.9 Å². The number of carbonyl (C=O) groups is 1. The van der Waals surface area contributed by atoms with Gasteiger partial charge in [0.2, 0.25) is 5.91 Å². The van der Waals surface area contributed by atoms with E-state index in [2.05, 4.69) is 18.2 Å². The summed E-state index contributed by atoms with van der Waals surface area (Å²) in [7, 11) is 0. The SMILES string of the molecule is O=C1CC(c2ccc(Cl)cc2Cl)c2c(ccc3ccccc23)N1Cc1ccccc1Cl. The van der Waals surface area contributed by atoms with Crippen molar-refractivity contribution in [3.05, 3.63) is 111 Å². The van der Waals surface area contributed by atoms with Gasteiger partial charge in [0.15, 0.2) is 0 Å². The van der Waals surface area contributed by atoms with E-state index in [1.54, 1.807) is 6.07 Å². The molecule has 2 nitrogen and oxygen atoms in total. The molecule has 0 bridgehead atoms. The highest BCUT2D eigenvalue weighted by Crippen LogP contribution is 2.46. The molecule has 4 aromatic rings. The van der Waals surface area contributed by atoms with E-state index in [0.29, 0.717) is 28.0 Å². The first-order valence-electron chi connectivity index (χ1n) is 10.0. The van der Waals surface area contributed by atoms with Crippen molar-refractivity contribution >= 4 is 57.2 Å². The van der Waals surface area contributed by atoms with Crippen molar-refractivity contribution in [1.82, 2.24) is 0 Å². The monoisotopic (exact) mass is 465 g/mol. The van der Waals surface area contributed by atoms with Gasteiger partial charge in [0.1, 0.15) is 0 Å². The van der Waals surface area contributed by atoms with Crippen molar-refractivity contribution in [1.29, 1.82) is 0 Å². The minimum atomic E-state index is -0.152. The summed E-state index contributed by atoms with van der Waals surface area (Å²) in [6.45, 7) is 0.422. The van der Waals surface area contributed by atoms with E-state index in [-0.39, 0.29) is 11.8 Å². The fourth-order valence-electron chi connectivity index (χ4n) is 4.43. The number of anilines is 1. The maximum Gasteiger partial charge on any atom is 0.228 e. The van der Waals surface area contributed by atoms with Gasteiger partial charge in [-0.2, -0.15) is 0 Å². The number of rotatable bonds is 3. The van der Waals surface area contributed by atoms with Crippen LogP contribution in [0, 0.1) is 0 Å². The van der Waals surface area contributed by atoms with Crippen LogP contribution in [-0.2, 0) is 11.3 Å². The van der Waals surface area contributed by atoms with Crippen LogP contribution in [0.1, 0.15) is 29.0 Å². The number of fused-ring (bicyclic) bond motifs is 3. The summed E-state index contributed by atoms with van der Waals surface area (Å²) in [4.78, 5) is 15.2. The number of hydrogen-bond acceptors (Lipinski definition) is 1. The Labute approximate surface area is 196 Å². The van der Waals surface area contributed by atoms with Crippen LogP contribution in [0.5, 0.6) is 0 Å². The largest absolute Gasteiger partial charge is 0.308 e. The molecule has 154 valence electrons. The molecule has 5 heteroatoms. The summed E-state index contributed by atoms with van der Waals surface area (Å²) in [5.41, 5.74) is 3.83. The van der Waals surface area contributed by atoms with Gasteiger partial charge in [-0.15, -0.1) is 0 Å². The van der Waals surface area contributed by atoms with Gasteiger partial charge in [-0.25, -0.2) is 0 Å². The maximum absolute atomic E-state index is 13.4. The fraction of sp³-hybridized carbons (Fsp3) is 0.115. The van der Waals surface area contributed by atoms with Crippen molar-refractivity contribution in [2.45, 2.75) is 18.9 Å². The zero-order valence-corrected chi connectivity index (χ0v) is 18.8. The average molecular weight is 467 g/mol. The lowest BCUT2D eigenvalue weighted by molar-refractivity contribution is -0.119. The quantitative estimate of drug-likeness (QED) is 0.301. The average Bonchev–Trinajstić information content (AvgIpc) is 2.76. The molecule has 4 aromatic carbocycles.